The lowest BCUT2D eigenvalue weighted by Crippen LogP contribution is -2.33. The number of nitrogens with zero attached hydrogens (tertiary/aromatic N) is 2. The molecule has 2 atom stereocenters. The van der Waals surface area contributed by atoms with Crippen molar-refractivity contribution < 1.29 is 4.74 Å². The second-order valence-corrected chi connectivity index (χ2v) is 8.05. The van der Waals surface area contributed by atoms with Crippen molar-refractivity contribution in [2.24, 2.45) is 5.10 Å². The van der Waals surface area contributed by atoms with Crippen molar-refractivity contribution in [3.63, 3.8) is 0 Å². The monoisotopic (exact) mass is 428 g/mol. The van der Waals surface area contributed by atoms with Crippen LogP contribution in [-0.4, -0.2) is 10.7 Å². The Labute approximate surface area is 178 Å². The molecular weight excluding hydrogens is 415 g/mol. The van der Waals surface area contributed by atoms with Gasteiger partial charge in [0.2, 0.25) is 6.23 Å². The Balaban J connectivity index is 1.63. The van der Waals surface area contributed by atoms with E-state index in [0.29, 0.717) is 15.1 Å². The standard InChI is InChI=1S/C22H15Cl3N2O/c23-13-9-10-15(18(25)11-13)22-27-20(16-6-2-4-8-21(16)28-22)12-19(26-27)14-5-1-3-7-17(14)24/h1-11,20,22H,12H2/t20-,22+/m1/s1. The van der Waals surface area contributed by atoms with E-state index in [-0.39, 0.29) is 6.04 Å². The lowest BCUT2D eigenvalue weighted by molar-refractivity contribution is -0.0189. The number of rotatable bonds is 2. The average molecular weight is 430 g/mol. The topological polar surface area (TPSA) is 24.8 Å². The van der Waals surface area contributed by atoms with Crippen molar-refractivity contribution in [1.29, 1.82) is 0 Å². The summed E-state index contributed by atoms with van der Waals surface area (Å²) in [7, 11) is 0. The molecule has 0 radical (unpaired) electrons. The van der Waals surface area contributed by atoms with Crippen LogP contribution < -0.4 is 4.74 Å². The molecule has 2 heterocycles. The SMILES string of the molecule is Clc1ccc([C@@H]2Oc3ccccc3[C@H]3CC(c4ccccc4Cl)=NN32)c(Cl)c1. The maximum atomic E-state index is 6.50. The fraction of sp³-hybridized carbons (Fsp3) is 0.136. The Morgan fingerprint density at radius 3 is 2.46 bits per heavy atom. The van der Waals surface area contributed by atoms with Crippen LogP contribution in [0.2, 0.25) is 15.1 Å². The number of benzene rings is 3. The highest BCUT2D eigenvalue weighted by atomic mass is 35.5. The number of para-hydroxylation sites is 1. The highest BCUT2D eigenvalue weighted by Gasteiger charge is 2.41. The molecule has 0 saturated carbocycles. The number of hydrazone groups is 1. The van der Waals surface area contributed by atoms with E-state index in [1.807, 2.05) is 59.6 Å². The normalized spacial score (nSPS) is 20.2. The molecule has 140 valence electrons. The minimum absolute atomic E-state index is 0.0490. The quantitative estimate of drug-likeness (QED) is 0.443. The van der Waals surface area contributed by atoms with E-state index in [4.69, 9.17) is 44.6 Å². The fourth-order valence-corrected chi connectivity index (χ4v) is 4.55. The van der Waals surface area contributed by atoms with Gasteiger partial charge in [-0.3, -0.25) is 0 Å². The van der Waals surface area contributed by atoms with E-state index < -0.39 is 6.23 Å². The van der Waals surface area contributed by atoms with Gasteiger partial charge in [0, 0.05) is 33.2 Å². The molecular formula is C22H15Cl3N2O. The van der Waals surface area contributed by atoms with Crippen LogP contribution in [0, 0.1) is 0 Å². The third-order valence-corrected chi connectivity index (χ3v) is 6.00. The first-order chi connectivity index (χ1) is 13.6. The fourth-order valence-electron chi connectivity index (χ4n) is 3.80. The second-order valence-electron chi connectivity index (χ2n) is 6.80. The van der Waals surface area contributed by atoms with Gasteiger partial charge in [-0.15, -0.1) is 0 Å². The van der Waals surface area contributed by atoms with Crippen LogP contribution >= 0.6 is 34.8 Å². The summed E-state index contributed by atoms with van der Waals surface area (Å²) in [5.41, 5.74) is 3.81. The Bertz CT molecular complexity index is 1100. The molecule has 0 bridgehead atoms. The molecule has 0 saturated heterocycles. The van der Waals surface area contributed by atoms with Gasteiger partial charge < -0.3 is 4.74 Å². The van der Waals surface area contributed by atoms with Gasteiger partial charge >= 0.3 is 0 Å². The maximum absolute atomic E-state index is 6.50. The third-order valence-electron chi connectivity index (χ3n) is 5.11. The van der Waals surface area contributed by atoms with Gasteiger partial charge in [-0.1, -0.05) is 77.3 Å². The van der Waals surface area contributed by atoms with Crippen LogP contribution in [0.3, 0.4) is 0 Å². The van der Waals surface area contributed by atoms with Crippen LogP contribution in [0.25, 0.3) is 0 Å². The zero-order valence-electron chi connectivity index (χ0n) is 14.6. The predicted molar refractivity (Wildman–Crippen MR) is 113 cm³/mol. The molecule has 0 spiro atoms. The molecule has 28 heavy (non-hydrogen) atoms. The zero-order chi connectivity index (χ0) is 19.3. The van der Waals surface area contributed by atoms with E-state index in [1.165, 1.54) is 0 Å². The van der Waals surface area contributed by atoms with E-state index in [9.17, 15) is 0 Å². The van der Waals surface area contributed by atoms with Crippen molar-refractivity contribution >= 4 is 40.5 Å². The van der Waals surface area contributed by atoms with Crippen molar-refractivity contribution in [2.45, 2.75) is 18.7 Å². The number of ether oxygens (including phenoxy) is 1. The lowest BCUT2D eigenvalue weighted by Gasteiger charge is -2.38. The van der Waals surface area contributed by atoms with Crippen molar-refractivity contribution in [3.05, 3.63) is 98.5 Å². The Morgan fingerprint density at radius 2 is 1.64 bits per heavy atom. The summed E-state index contributed by atoms with van der Waals surface area (Å²) in [6, 6.07) is 21.3. The molecule has 3 aromatic carbocycles. The highest BCUT2D eigenvalue weighted by Crippen LogP contribution is 2.48. The van der Waals surface area contributed by atoms with Gasteiger partial charge in [0.1, 0.15) is 5.75 Å². The molecule has 2 aliphatic heterocycles. The van der Waals surface area contributed by atoms with Crippen LogP contribution in [-0.2, 0) is 0 Å². The minimum Gasteiger partial charge on any atom is -0.464 e. The molecule has 0 fully saturated rings. The van der Waals surface area contributed by atoms with Crippen molar-refractivity contribution in [2.75, 3.05) is 0 Å². The second kappa shape index (κ2) is 7.00. The molecule has 0 N–H and O–H groups in total. The first kappa shape index (κ1) is 17.9. The highest BCUT2D eigenvalue weighted by molar-refractivity contribution is 6.35. The van der Waals surface area contributed by atoms with Crippen LogP contribution in [0.5, 0.6) is 5.75 Å². The Hall–Kier alpha value is -2.20. The maximum Gasteiger partial charge on any atom is 0.215 e. The number of fused-ring (bicyclic) bond motifs is 3. The van der Waals surface area contributed by atoms with Gasteiger partial charge in [0.05, 0.1) is 16.8 Å². The molecule has 0 unspecified atom stereocenters. The molecule has 0 aromatic heterocycles. The van der Waals surface area contributed by atoms with Gasteiger partial charge in [-0.05, 0) is 24.3 Å². The summed E-state index contributed by atoms with van der Waals surface area (Å²) in [6.07, 6.45) is 0.302. The molecule has 2 aliphatic rings. The summed E-state index contributed by atoms with van der Waals surface area (Å²) in [5.74, 6) is 0.843. The molecule has 5 rings (SSSR count). The summed E-state index contributed by atoms with van der Waals surface area (Å²) in [6.45, 7) is 0. The van der Waals surface area contributed by atoms with E-state index in [1.54, 1.807) is 6.07 Å². The predicted octanol–water partition coefficient (Wildman–Crippen LogP) is 6.89. The Kier molecular flexibility index (Phi) is 4.47. The van der Waals surface area contributed by atoms with Gasteiger partial charge in [0.15, 0.2) is 0 Å². The first-order valence-corrected chi connectivity index (χ1v) is 10.1. The van der Waals surface area contributed by atoms with E-state index in [0.717, 1.165) is 34.6 Å². The zero-order valence-corrected chi connectivity index (χ0v) is 16.9. The minimum atomic E-state index is -0.440. The summed E-state index contributed by atoms with van der Waals surface area (Å²) < 4.78 is 6.33. The lowest BCUT2D eigenvalue weighted by atomic mass is 9.96. The van der Waals surface area contributed by atoms with Crippen LogP contribution in [0.15, 0.2) is 71.8 Å². The van der Waals surface area contributed by atoms with Crippen molar-refractivity contribution in [1.82, 2.24) is 5.01 Å². The molecule has 3 aromatic rings. The van der Waals surface area contributed by atoms with Crippen LogP contribution in [0.1, 0.15) is 35.4 Å². The molecule has 0 amide bonds. The average Bonchev–Trinajstić information content (AvgIpc) is 3.13. The largest absolute Gasteiger partial charge is 0.464 e. The van der Waals surface area contributed by atoms with Crippen molar-refractivity contribution in [3.8, 4) is 5.75 Å². The number of hydrogen-bond donors (Lipinski definition) is 0. The van der Waals surface area contributed by atoms with Gasteiger partial charge in [-0.2, -0.15) is 5.10 Å². The molecule has 3 nitrogen and oxygen atoms in total. The van der Waals surface area contributed by atoms with Gasteiger partial charge in [-0.25, -0.2) is 5.01 Å². The van der Waals surface area contributed by atoms with Gasteiger partial charge in [0.25, 0.3) is 0 Å². The first-order valence-electron chi connectivity index (χ1n) is 8.93. The van der Waals surface area contributed by atoms with E-state index in [2.05, 4.69) is 6.07 Å². The smallest absolute Gasteiger partial charge is 0.215 e. The summed E-state index contributed by atoms with van der Waals surface area (Å²) in [5, 5.41) is 8.72. The molecule has 6 heteroatoms. The summed E-state index contributed by atoms with van der Waals surface area (Å²) >= 11 is 19.0. The third kappa shape index (κ3) is 2.95. The number of hydrogen-bond acceptors (Lipinski definition) is 3. The Morgan fingerprint density at radius 1 is 0.857 bits per heavy atom. The number of halogens is 3. The van der Waals surface area contributed by atoms with E-state index >= 15 is 0 Å². The molecule has 0 aliphatic carbocycles. The summed E-state index contributed by atoms with van der Waals surface area (Å²) in [4.78, 5) is 0. The van der Waals surface area contributed by atoms with Crippen LogP contribution in [0.4, 0.5) is 0 Å².